The fourth-order valence-corrected chi connectivity index (χ4v) is 4.14. The number of unbranched alkanes of at least 4 members (excludes halogenated alkanes) is 5. The lowest BCUT2D eigenvalue weighted by molar-refractivity contribution is -0.125. The second kappa shape index (κ2) is 13.0. The van der Waals surface area contributed by atoms with Gasteiger partial charge in [-0.1, -0.05) is 55.0 Å². The molecule has 0 spiro atoms. The molecule has 1 aromatic rings. The molecule has 6 nitrogen and oxygen atoms in total. The third kappa shape index (κ3) is 7.95. The molecule has 0 saturated carbocycles. The fourth-order valence-electron chi connectivity index (χ4n) is 2.87. The number of amidine groups is 1. The van der Waals surface area contributed by atoms with Crippen molar-refractivity contribution in [3.8, 4) is 0 Å². The van der Waals surface area contributed by atoms with Gasteiger partial charge in [-0.2, -0.15) is 0 Å². The largest absolute Gasteiger partial charge is 0.342 e. The van der Waals surface area contributed by atoms with E-state index in [1.807, 2.05) is 7.05 Å². The molecule has 1 aromatic carbocycles. The number of carbonyl (C=O) groups excluding carboxylic acids is 2. The summed E-state index contributed by atoms with van der Waals surface area (Å²) in [7, 11) is 3.72. The van der Waals surface area contributed by atoms with Crippen LogP contribution in [0.3, 0.4) is 0 Å². The van der Waals surface area contributed by atoms with Crippen molar-refractivity contribution in [3.63, 3.8) is 0 Å². The average molecular weight is 471 g/mol. The molecule has 1 saturated heterocycles. The molecule has 0 aromatic heterocycles. The minimum atomic E-state index is -0.356. The molecule has 1 aliphatic rings. The molecule has 0 radical (unpaired) electrons. The Bertz CT molecular complexity index is 794. The van der Waals surface area contributed by atoms with Crippen LogP contribution in [0, 0.1) is 0 Å². The predicted molar refractivity (Wildman–Crippen MR) is 127 cm³/mol. The Kier molecular flexibility index (Phi) is 10.7. The second-order valence-electron chi connectivity index (χ2n) is 7.04. The first kappa shape index (κ1) is 24.7. The Morgan fingerprint density at radius 2 is 1.80 bits per heavy atom. The molecule has 30 heavy (non-hydrogen) atoms. The third-order valence-corrected chi connectivity index (χ3v) is 6.12. The van der Waals surface area contributed by atoms with Gasteiger partial charge in [0, 0.05) is 19.7 Å². The number of aliphatic imine (C=N–C) groups is 1. The first-order valence-corrected chi connectivity index (χ1v) is 11.6. The number of nitrogens with zero attached hydrogens (tertiary/aromatic N) is 2. The summed E-state index contributed by atoms with van der Waals surface area (Å²) in [5.41, 5.74) is 0.388. The lowest BCUT2D eigenvalue weighted by atomic mass is 10.1. The lowest BCUT2D eigenvalue weighted by Gasteiger charge is -2.15. The summed E-state index contributed by atoms with van der Waals surface area (Å²) in [4.78, 5) is 30.9. The van der Waals surface area contributed by atoms with Crippen LogP contribution in [0.2, 0.25) is 10.0 Å². The molecular formula is C21H28Cl2N4O2S. The zero-order valence-corrected chi connectivity index (χ0v) is 19.7. The number of benzene rings is 1. The van der Waals surface area contributed by atoms with Gasteiger partial charge in [-0.05, 0) is 50.3 Å². The number of hydrogen-bond acceptors (Lipinski definition) is 5. The number of thioether (sulfide) groups is 1. The first-order chi connectivity index (χ1) is 14.4. The van der Waals surface area contributed by atoms with Crippen molar-refractivity contribution < 1.29 is 9.59 Å². The molecule has 1 heterocycles. The smallest absolute Gasteiger partial charge is 0.264 e. The average Bonchev–Trinajstić information content (AvgIpc) is 3.05. The molecule has 2 N–H and O–H groups in total. The summed E-state index contributed by atoms with van der Waals surface area (Å²) in [6.45, 7) is 1.73. The van der Waals surface area contributed by atoms with Crippen molar-refractivity contribution in [2.75, 3.05) is 27.2 Å². The Balaban J connectivity index is 1.82. The van der Waals surface area contributed by atoms with Crippen molar-refractivity contribution >= 4 is 57.6 Å². The molecule has 1 fully saturated rings. The van der Waals surface area contributed by atoms with Gasteiger partial charge in [0.05, 0.1) is 15.0 Å². The minimum absolute atomic E-state index is 0.196. The number of hydrogen-bond donors (Lipinski definition) is 2. The van der Waals surface area contributed by atoms with Crippen molar-refractivity contribution in [2.24, 2.45) is 4.99 Å². The quantitative estimate of drug-likeness (QED) is 0.361. The molecule has 2 amide bonds. The Hall–Kier alpha value is -1.54. The molecule has 164 valence electrons. The minimum Gasteiger partial charge on any atom is -0.342 e. The summed E-state index contributed by atoms with van der Waals surface area (Å²) >= 11 is 13.3. The van der Waals surface area contributed by atoms with Gasteiger partial charge < -0.3 is 15.5 Å². The topological polar surface area (TPSA) is 73.8 Å². The van der Waals surface area contributed by atoms with E-state index in [1.54, 1.807) is 30.1 Å². The molecule has 1 aliphatic heterocycles. The van der Waals surface area contributed by atoms with Crippen LogP contribution in [0.5, 0.6) is 0 Å². The highest BCUT2D eigenvalue weighted by Gasteiger charge is 2.26. The maximum Gasteiger partial charge on any atom is 0.264 e. The Labute approximate surface area is 192 Å². The van der Waals surface area contributed by atoms with Crippen LogP contribution in [0.15, 0.2) is 34.2 Å². The number of para-hydroxylation sites is 1. The van der Waals surface area contributed by atoms with E-state index < -0.39 is 0 Å². The number of halogens is 2. The van der Waals surface area contributed by atoms with Crippen LogP contribution < -0.4 is 10.6 Å². The maximum atomic E-state index is 12.4. The van der Waals surface area contributed by atoms with Gasteiger partial charge in [0.15, 0.2) is 5.17 Å². The number of carbonyl (C=O) groups is 2. The molecule has 2 rings (SSSR count). The van der Waals surface area contributed by atoms with Gasteiger partial charge in [-0.3, -0.25) is 9.59 Å². The van der Waals surface area contributed by atoms with Gasteiger partial charge in [-0.15, -0.1) is 0 Å². The summed E-state index contributed by atoms with van der Waals surface area (Å²) in [6.07, 6.45) is 8.24. The third-order valence-electron chi connectivity index (χ3n) is 4.60. The summed E-state index contributed by atoms with van der Waals surface area (Å²) in [5.74, 6) is -0.552. The highest BCUT2D eigenvalue weighted by Crippen LogP contribution is 2.35. The van der Waals surface area contributed by atoms with E-state index in [0.717, 1.165) is 31.1 Å². The van der Waals surface area contributed by atoms with E-state index in [-0.39, 0.29) is 11.8 Å². The number of amides is 2. The van der Waals surface area contributed by atoms with E-state index in [2.05, 4.69) is 15.6 Å². The van der Waals surface area contributed by atoms with Crippen molar-refractivity contribution in [3.05, 3.63) is 39.2 Å². The second-order valence-corrected chi connectivity index (χ2v) is 8.88. The fraction of sp³-hybridized carbons (Fsp3) is 0.476. The molecule has 9 heteroatoms. The first-order valence-electron chi connectivity index (χ1n) is 10.1. The van der Waals surface area contributed by atoms with Crippen LogP contribution in [0.4, 0.5) is 5.69 Å². The van der Waals surface area contributed by atoms with Gasteiger partial charge >= 0.3 is 0 Å². The lowest BCUT2D eigenvalue weighted by Crippen LogP contribution is -2.27. The van der Waals surface area contributed by atoms with Crippen LogP contribution in [-0.2, 0) is 9.59 Å². The van der Waals surface area contributed by atoms with Crippen molar-refractivity contribution in [1.82, 2.24) is 15.5 Å². The van der Waals surface area contributed by atoms with Crippen LogP contribution in [0.1, 0.15) is 38.5 Å². The zero-order valence-electron chi connectivity index (χ0n) is 17.3. The molecular weight excluding hydrogens is 443 g/mol. The summed E-state index contributed by atoms with van der Waals surface area (Å²) < 4.78 is 0. The number of nitrogens with one attached hydrogen (secondary N) is 2. The van der Waals surface area contributed by atoms with Gasteiger partial charge in [0.1, 0.15) is 5.69 Å². The maximum absolute atomic E-state index is 12.4. The van der Waals surface area contributed by atoms with E-state index in [4.69, 9.17) is 23.2 Å². The molecule has 0 unspecified atom stereocenters. The van der Waals surface area contributed by atoms with E-state index in [1.165, 1.54) is 31.8 Å². The number of likely N-dealkylation sites (N-methyl/N-ethyl adjacent to an activating group) is 1. The highest BCUT2D eigenvalue weighted by molar-refractivity contribution is 8.18. The molecule has 0 aliphatic carbocycles. The van der Waals surface area contributed by atoms with E-state index in [0.29, 0.717) is 32.4 Å². The predicted octanol–water partition coefficient (Wildman–Crippen LogP) is 4.75. The van der Waals surface area contributed by atoms with Gasteiger partial charge in [0.25, 0.3) is 5.91 Å². The molecule has 0 atom stereocenters. The standard InChI is InChI=1S/C21H28Cl2N4O2S/c1-24-12-7-5-3-4-6-8-13-27(2)18(28)14-17-20(29)26-21(30-17)25-19-15(22)10-9-11-16(19)23/h9-11,14,24H,3-8,12-13H2,1-2H3,(H,25,26,29). The van der Waals surface area contributed by atoms with Crippen molar-refractivity contribution in [1.29, 1.82) is 0 Å². The van der Waals surface area contributed by atoms with Crippen LogP contribution in [0.25, 0.3) is 0 Å². The molecule has 0 bridgehead atoms. The van der Waals surface area contributed by atoms with E-state index in [9.17, 15) is 9.59 Å². The van der Waals surface area contributed by atoms with E-state index >= 15 is 0 Å². The summed E-state index contributed by atoms with van der Waals surface area (Å²) in [5, 5.41) is 6.92. The van der Waals surface area contributed by atoms with Gasteiger partial charge in [0.2, 0.25) is 5.91 Å². The number of rotatable bonds is 11. The summed E-state index contributed by atoms with van der Waals surface area (Å²) in [6, 6.07) is 5.07. The normalized spacial score (nSPS) is 16.3. The monoisotopic (exact) mass is 470 g/mol. The van der Waals surface area contributed by atoms with Gasteiger partial charge in [-0.25, -0.2) is 4.99 Å². The van der Waals surface area contributed by atoms with Crippen LogP contribution >= 0.6 is 35.0 Å². The Morgan fingerprint density at radius 1 is 1.17 bits per heavy atom. The zero-order chi connectivity index (χ0) is 21.9. The highest BCUT2D eigenvalue weighted by atomic mass is 35.5. The van der Waals surface area contributed by atoms with Crippen LogP contribution in [-0.4, -0.2) is 49.1 Å². The SMILES string of the molecule is CNCCCCCCCCN(C)C(=O)C=C1SC(=Nc2c(Cl)cccc2Cl)NC1=O. The van der Waals surface area contributed by atoms with Crippen molar-refractivity contribution in [2.45, 2.75) is 38.5 Å². The Morgan fingerprint density at radius 3 is 2.47 bits per heavy atom.